The predicted molar refractivity (Wildman–Crippen MR) is 78.5 cm³/mol. The van der Waals surface area contributed by atoms with Crippen LogP contribution in [0.2, 0.25) is 5.02 Å². The number of amides is 1. The lowest BCUT2D eigenvalue weighted by atomic mass is 10.2. The lowest BCUT2D eigenvalue weighted by Crippen LogP contribution is -2.30. The number of carbonyl (C=O) groups excluding carboxylic acids is 1. The second kappa shape index (κ2) is 6.57. The van der Waals surface area contributed by atoms with Crippen molar-refractivity contribution >= 4 is 17.5 Å². The Morgan fingerprint density at radius 3 is 2.70 bits per heavy atom. The van der Waals surface area contributed by atoms with Gasteiger partial charge in [-0.25, -0.2) is 4.98 Å². The van der Waals surface area contributed by atoms with Crippen LogP contribution >= 0.6 is 11.6 Å². The normalized spacial score (nSPS) is 10.8. The van der Waals surface area contributed by atoms with E-state index in [2.05, 4.69) is 10.3 Å². The molecule has 0 aliphatic carbocycles. The van der Waals surface area contributed by atoms with Crippen molar-refractivity contribution in [1.29, 1.82) is 0 Å². The lowest BCUT2D eigenvalue weighted by molar-refractivity contribution is -0.121. The molecule has 1 aromatic heterocycles. The molecule has 0 unspecified atom stereocenters. The summed E-state index contributed by atoms with van der Waals surface area (Å²) in [5, 5.41) is 3.51. The smallest absolute Gasteiger partial charge is 0.220 e. The van der Waals surface area contributed by atoms with Gasteiger partial charge in [-0.2, -0.15) is 0 Å². The number of hydrogen-bond acceptors (Lipinski definition) is 3. The van der Waals surface area contributed by atoms with Gasteiger partial charge in [-0.1, -0.05) is 11.6 Å². The van der Waals surface area contributed by atoms with Crippen LogP contribution in [0.3, 0.4) is 0 Å². The fraction of sp³-hybridized carbons (Fsp3) is 0.333. The number of nitrogens with one attached hydrogen (secondary N) is 1. The van der Waals surface area contributed by atoms with Gasteiger partial charge in [0.1, 0.15) is 0 Å². The van der Waals surface area contributed by atoms with Crippen LogP contribution in [0.15, 0.2) is 34.9 Å². The van der Waals surface area contributed by atoms with Gasteiger partial charge in [0.15, 0.2) is 11.7 Å². The van der Waals surface area contributed by atoms with Crippen LogP contribution in [0, 0.1) is 0 Å². The molecule has 20 heavy (non-hydrogen) atoms. The van der Waals surface area contributed by atoms with Crippen LogP contribution in [0.1, 0.15) is 26.2 Å². The van der Waals surface area contributed by atoms with Gasteiger partial charge in [-0.15, -0.1) is 0 Å². The van der Waals surface area contributed by atoms with E-state index in [1.54, 1.807) is 18.3 Å². The standard InChI is InChI=1S/C15H17ClN2O2/c1-10(2)18-14(19)7-8-15-17-9-13(20-15)11-3-5-12(16)6-4-11/h3-6,9-10H,7-8H2,1-2H3,(H,18,19). The Bertz CT molecular complexity index is 576. The van der Waals surface area contributed by atoms with Gasteiger partial charge in [0.2, 0.25) is 5.91 Å². The molecule has 1 amide bonds. The van der Waals surface area contributed by atoms with Crippen molar-refractivity contribution in [3.05, 3.63) is 41.4 Å². The Morgan fingerprint density at radius 2 is 2.05 bits per heavy atom. The molecule has 2 rings (SSSR count). The Hall–Kier alpha value is -1.81. The number of carbonyl (C=O) groups is 1. The van der Waals surface area contributed by atoms with Crippen LogP contribution in [0.25, 0.3) is 11.3 Å². The SMILES string of the molecule is CC(C)NC(=O)CCc1ncc(-c2ccc(Cl)cc2)o1. The Balaban J connectivity index is 1.95. The van der Waals surface area contributed by atoms with E-state index < -0.39 is 0 Å². The van der Waals surface area contributed by atoms with Crippen molar-refractivity contribution in [2.45, 2.75) is 32.7 Å². The number of aromatic nitrogens is 1. The summed E-state index contributed by atoms with van der Waals surface area (Å²) in [6.45, 7) is 3.86. The molecule has 0 bridgehead atoms. The summed E-state index contributed by atoms with van der Waals surface area (Å²) in [5.41, 5.74) is 0.916. The van der Waals surface area contributed by atoms with E-state index >= 15 is 0 Å². The molecule has 4 nitrogen and oxygen atoms in total. The second-order valence-electron chi connectivity index (χ2n) is 4.85. The van der Waals surface area contributed by atoms with E-state index in [1.165, 1.54) is 0 Å². The first-order valence-electron chi connectivity index (χ1n) is 6.54. The van der Waals surface area contributed by atoms with Gasteiger partial charge in [0.25, 0.3) is 0 Å². The topological polar surface area (TPSA) is 55.1 Å². The minimum absolute atomic E-state index is 0.00578. The summed E-state index contributed by atoms with van der Waals surface area (Å²) in [5.74, 6) is 1.25. The fourth-order valence-electron chi connectivity index (χ4n) is 1.79. The molecule has 0 aliphatic heterocycles. The minimum atomic E-state index is 0.00578. The van der Waals surface area contributed by atoms with Crippen molar-refractivity contribution in [3.63, 3.8) is 0 Å². The highest BCUT2D eigenvalue weighted by Crippen LogP contribution is 2.22. The van der Waals surface area contributed by atoms with E-state index in [0.717, 1.165) is 5.56 Å². The molecule has 1 aromatic carbocycles. The molecule has 2 aromatic rings. The zero-order valence-corrected chi connectivity index (χ0v) is 12.3. The fourth-order valence-corrected chi connectivity index (χ4v) is 1.91. The minimum Gasteiger partial charge on any atom is -0.441 e. The first kappa shape index (κ1) is 14.6. The molecule has 0 saturated heterocycles. The Labute approximate surface area is 123 Å². The van der Waals surface area contributed by atoms with Gasteiger partial charge in [-0.05, 0) is 38.1 Å². The second-order valence-corrected chi connectivity index (χ2v) is 5.28. The summed E-state index contributed by atoms with van der Waals surface area (Å²) in [7, 11) is 0. The van der Waals surface area contributed by atoms with Gasteiger partial charge in [-0.3, -0.25) is 4.79 Å². The average molecular weight is 293 g/mol. The van der Waals surface area contributed by atoms with E-state index in [0.29, 0.717) is 29.5 Å². The molecule has 5 heteroatoms. The van der Waals surface area contributed by atoms with Gasteiger partial charge in [0.05, 0.1) is 6.20 Å². The van der Waals surface area contributed by atoms with Crippen LogP contribution in [-0.4, -0.2) is 16.9 Å². The molecule has 0 atom stereocenters. The summed E-state index contributed by atoms with van der Waals surface area (Å²) in [6, 6.07) is 7.50. The molecule has 0 spiro atoms. The molecular weight excluding hydrogens is 276 g/mol. The Morgan fingerprint density at radius 1 is 1.35 bits per heavy atom. The van der Waals surface area contributed by atoms with Crippen molar-refractivity contribution < 1.29 is 9.21 Å². The molecule has 106 valence electrons. The Kier molecular flexibility index (Phi) is 4.79. The lowest BCUT2D eigenvalue weighted by Gasteiger charge is -2.06. The summed E-state index contributed by atoms with van der Waals surface area (Å²) in [4.78, 5) is 15.7. The van der Waals surface area contributed by atoms with E-state index in [4.69, 9.17) is 16.0 Å². The summed E-state index contributed by atoms with van der Waals surface area (Å²) in [6.07, 6.45) is 2.53. The molecule has 0 fully saturated rings. The zero-order chi connectivity index (χ0) is 14.5. The van der Waals surface area contributed by atoms with E-state index in [9.17, 15) is 4.79 Å². The average Bonchev–Trinajstić information content (AvgIpc) is 2.85. The third-order valence-corrected chi connectivity index (χ3v) is 2.95. The largest absolute Gasteiger partial charge is 0.441 e. The molecule has 1 heterocycles. The van der Waals surface area contributed by atoms with E-state index in [-0.39, 0.29) is 11.9 Å². The monoisotopic (exact) mass is 292 g/mol. The molecule has 0 radical (unpaired) electrons. The maximum atomic E-state index is 11.5. The first-order valence-corrected chi connectivity index (χ1v) is 6.92. The van der Waals surface area contributed by atoms with Crippen molar-refractivity contribution in [1.82, 2.24) is 10.3 Å². The molecule has 1 N–H and O–H groups in total. The van der Waals surface area contributed by atoms with Crippen molar-refractivity contribution in [2.24, 2.45) is 0 Å². The highest BCUT2D eigenvalue weighted by Gasteiger charge is 2.09. The third kappa shape index (κ3) is 4.10. The van der Waals surface area contributed by atoms with Crippen LogP contribution in [0.5, 0.6) is 0 Å². The van der Waals surface area contributed by atoms with Crippen molar-refractivity contribution in [2.75, 3.05) is 0 Å². The first-order chi connectivity index (χ1) is 9.54. The highest BCUT2D eigenvalue weighted by atomic mass is 35.5. The summed E-state index contributed by atoms with van der Waals surface area (Å²) >= 11 is 5.84. The maximum absolute atomic E-state index is 11.5. The number of hydrogen-bond donors (Lipinski definition) is 1. The predicted octanol–water partition coefficient (Wildman–Crippen LogP) is 3.45. The highest BCUT2D eigenvalue weighted by molar-refractivity contribution is 6.30. The summed E-state index contributed by atoms with van der Waals surface area (Å²) < 4.78 is 5.63. The van der Waals surface area contributed by atoms with Gasteiger partial charge >= 0.3 is 0 Å². The molecular formula is C15H17ClN2O2. The third-order valence-electron chi connectivity index (χ3n) is 2.70. The van der Waals surface area contributed by atoms with Crippen molar-refractivity contribution in [3.8, 4) is 11.3 Å². The maximum Gasteiger partial charge on any atom is 0.220 e. The van der Waals surface area contributed by atoms with Crippen LogP contribution in [-0.2, 0) is 11.2 Å². The van der Waals surface area contributed by atoms with Gasteiger partial charge < -0.3 is 9.73 Å². The number of aryl methyl sites for hydroxylation is 1. The van der Waals surface area contributed by atoms with Crippen LogP contribution < -0.4 is 5.32 Å². The number of halogens is 1. The van der Waals surface area contributed by atoms with Crippen LogP contribution in [0.4, 0.5) is 0 Å². The number of oxazole rings is 1. The van der Waals surface area contributed by atoms with Gasteiger partial charge in [0, 0.05) is 29.5 Å². The quantitative estimate of drug-likeness (QED) is 0.918. The number of rotatable bonds is 5. The molecule has 0 saturated carbocycles. The number of nitrogens with zero attached hydrogens (tertiary/aromatic N) is 1. The zero-order valence-electron chi connectivity index (χ0n) is 11.5. The van der Waals surface area contributed by atoms with E-state index in [1.807, 2.05) is 26.0 Å². The number of benzene rings is 1. The molecule has 0 aliphatic rings.